The molecule has 0 aliphatic rings. The molecule has 0 aromatic rings. The first-order valence-corrected chi connectivity index (χ1v) is 13.0. The zero-order valence-electron chi connectivity index (χ0n) is 20.0. The van der Waals surface area contributed by atoms with Crippen LogP contribution in [-0.4, -0.2) is 25.8 Å². The largest absolute Gasteiger partial charge is 0.463 e. The van der Waals surface area contributed by atoms with Crippen LogP contribution in [0.1, 0.15) is 142 Å². The van der Waals surface area contributed by atoms with Crippen molar-refractivity contribution in [3.8, 4) is 0 Å². The fourth-order valence-corrected chi connectivity index (χ4v) is 3.66. The maximum Gasteiger partial charge on any atom is 0.305 e. The molecule has 29 heavy (non-hydrogen) atoms. The third-order valence-electron chi connectivity index (χ3n) is 5.62. The average molecular weight is 413 g/mol. The molecule has 0 unspecified atom stereocenters. The number of hydrogen-bond donors (Lipinski definition) is 0. The zero-order chi connectivity index (χ0) is 21.3. The van der Waals surface area contributed by atoms with Crippen molar-refractivity contribution in [3.63, 3.8) is 0 Å². The molecule has 174 valence electrons. The van der Waals surface area contributed by atoms with Crippen LogP contribution in [0.3, 0.4) is 0 Å². The minimum absolute atomic E-state index is 0.0792. The average Bonchev–Trinajstić information content (AvgIpc) is 2.72. The first kappa shape index (κ1) is 28.4. The number of rotatable bonds is 24. The molecule has 0 aliphatic heterocycles. The van der Waals surface area contributed by atoms with Gasteiger partial charge in [-0.05, 0) is 12.8 Å². The van der Waals surface area contributed by atoms with Crippen molar-refractivity contribution in [2.24, 2.45) is 0 Å². The molecule has 0 aromatic heterocycles. The van der Waals surface area contributed by atoms with Crippen LogP contribution in [0.4, 0.5) is 0 Å². The molecule has 0 spiro atoms. The summed E-state index contributed by atoms with van der Waals surface area (Å²) < 4.78 is 10.7. The molecule has 3 nitrogen and oxygen atoms in total. The molecule has 0 aliphatic carbocycles. The van der Waals surface area contributed by atoms with Crippen LogP contribution >= 0.6 is 0 Å². The fraction of sp³-hybridized carbons (Fsp3) is 0.962. The number of carbonyl (C=O) groups excluding carboxylic acids is 1. The molecule has 0 fully saturated rings. The predicted molar refractivity (Wildman–Crippen MR) is 125 cm³/mol. The normalized spacial score (nSPS) is 11.1. The second-order valence-electron chi connectivity index (χ2n) is 8.59. The SMILES string of the molecule is CCCCCCCCCCCCCCCCCCOCCOC(=O)CCCCC. The van der Waals surface area contributed by atoms with Gasteiger partial charge in [-0.3, -0.25) is 4.79 Å². The smallest absolute Gasteiger partial charge is 0.305 e. The number of hydrogen-bond acceptors (Lipinski definition) is 3. The highest BCUT2D eigenvalue weighted by atomic mass is 16.6. The Kier molecular flexibility index (Phi) is 25.0. The monoisotopic (exact) mass is 412 g/mol. The van der Waals surface area contributed by atoms with Gasteiger partial charge < -0.3 is 9.47 Å². The highest BCUT2D eigenvalue weighted by Gasteiger charge is 2.01. The van der Waals surface area contributed by atoms with Crippen LogP contribution in [0.15, 0.2) is 0 Å². The summed E-state index contributed by atoms with van der Waals surface area (Å²) in [6.45, 7) is 6.17. The highest BCUT2D eigenvalue weighted by molar-refractivity contribution is 5.69. The first-order valence-electron chi connectivity index (χ1n) is 13.0. The van der Waals surface area contributed by atoms with Crippen molar-refractivity contribution >= 4 is 5.97 Å². The molecule has 0 heterocycles. The summed E-state index contributed by atoms with van der Waals surface area (Å²) in [7, 11) is 0. The molecule has 0 saturated heterocycles. The van der Waals surface area contributed by atoms with Gasteiger partial charge >= 0.3 is 5.97 Å². The third-order valence-corrected chi connectivity index (χ3v) is 5.62. The van der Waals surface area contributed by atoms with Gasteiger partial charge in [-0.25, -0.2) is 0 Å². The van der Waals surface area contributed by atoms with Crippen molar-refractivity contribution < 1.29 is 14.3 Å². The Morgan fingerprint density at radius 1 is 0.483 bits per heavy atom. The summed E-state index contributed by atoms with van der Waals surface area (Å²) in [4.78, 5) is 11.4. The lowest BCUT2D eigenvalue weighted by molar-refractivity contribution is -0.145. The van der Waals surface area contributed by atoms with Crippen LogP contribution in [0.25, 0.3) is 0 Å². The molecular formula is C26H52O3. The van der Waals surface area contributed by atoms with E-state index < -0.39 is 0 Å². The Morgan fingerprint density at radius 3 is 1.38 bits per heavy atom. The zero-order valence-corrected chi connectivity index (χ0v) is 20.0. The van der Waals surface area contributed by atoms with Gasteiger partial charge in [-0.2, -0.15) is 0 Å². The quantitative estimate of drug-likeness (QED) is 0.118. The van der Waals surface area contributed by atoms with E-state index in [1.54, 1.807) is 0 Å². The van der Waals surface area contributed by atoms with E-state index in [0.29, 0.717) is 19.6 Å². The summed E-state index contributed by atoms with van der Waals surface area (Å²) in [5.74, 6) is -0.0792. The van der Waals surface area contributed by atoms with Gasteiger partial charge in [0.05, 0.1) is 6.61 Å². The Hall–Kier alpha value is -0.570. The van der Waals surface area contributed by atoms with Crippen LogP contribution < -0.4 is 0 Å². The maximum absolute atomic E-state index is 11.4. The lowest BCUT2D eigenvalue weighted by atomic mass is 10.0. The van der Waals surface area contributed by atoms with E-state index >= 15 is 0 Å². The van der Waals surface area contributed by atoms with E-state index in [-0.39, 0.29) is 5.97 Å². The second kappa shape index (κ2) is 25.5. The minimum atomic E-state index is -0.0792. The molecule has 0 aromatic carbocycles. The summed E-state index contributed by atoms with van der Waals surface area (Å²) in [5, 5.41) is 0. The van der Waals surface area contributed by atoms with Gasteiger partial charge in [0.15, 0.2) is 0 Å². The molecule has 0 rings (SSSR count). The highest BCUT2D eigenvalue weighted by Crippen LogP contribution is 2.13. The molecule has 0 N–H and O–H groups in total. The summed E-state index contributed by atoms with van der Waals surface area (Å²) in [6, 6.07) is 0. The third kappa shape index (κ3) is 25.4. The lowest BCUT2D eigenvalue weighted by Crippen LogP contribution is -2.10. The van der Waals surface area contributed by atoms with Crippen molar-refractivity contribution in [3.05, 3.63) is 0 Å². The molecule has 0 amide bonds. The van der Waals surface area contributed by atoms with Crippen molar-refractivity contribution in [1.82, 2.24) is 0 Å². The molecule has 3 heteroatoms. The standard InChI is InChI=1S/C26H52O3/c1-3-5-7-8-9-10-11-12-13-14-15-16-17-18-19-21-23-28-24-25-29-26(27)22-20-6-4-2/h3-25H2,1-2H3. The van der Waals surface area contributed by atoms with Gasteiger partial charge in [-0.1, -0.05) is 123 Å². The fourth-order valence-electron chi connectivity index (χ4n) is 3.66. The van der Waals surface area contributed by atoms with Crippen LogP contribution in [0.5, 0.6) is 0 Å². The molecule has 0 bridgehead atoms. The minimum Gasteiger partial charge on any atom is -0.463 e. The number of unbranched alkanes of at least 4 members (excludes halogenated alkanes) is 17. The maximum atomic E-state index is 11.4. The Bertz CT molecular complexity index is 317. The van der Waals surface area contributed by atoms with Gasteiger partial charge in [0, 0.05) is 13.0 Å². The molecular weight excluding hydrogens is 360 g/mol. The number of esters is 1. The first-order chi connectivity index (χ1) is 14.3. The van der Waals surface area contributed by atoms with E-state index in [1.165, 1.54) is 96.3 Å². The van der Waals surface area contributed by atoms with Gasteiger partial charge in [-0.15, -0.1) is 0 Å². The topological polar surface area (TPSA) is 35.5 Å². The van der Waals surface area contributed by atoms with E-state index in [1.807, 2.05) is 0 Å². The molecule has 0 saturated carbocycles. The Balaban J connectivity index is 3.06. The molecule has 0 radical (unpaired) electrons. The summed E-state index contributed by atoms with van der Waals surface area (Å²) in [5.41, 5.74) is 0. The summed E-state index contributed by atoms with van der Waals surface area (Å²) >= 11 is 0. The van der Waals surface area contributed by atoms with Crippen molar-refractivity contribution in [2.75, 3.05) is 19.8 Å². The van der Waals surface area contributed by atoms with E-state index in [9.17, 15) is 4.79 Å². The van der Waals surface area contributed by atoms with Crippen molar-refractivity contribution in [2.45, 2.75) is 142 Å². The van der Waals surface area contributed by atoms with Crippen LogP contribution in [0, 0.1) is 0 Å². The van der Waals surface area contributed by atoms with Gasteiger partial charge in [0.2, 0.25) is 0 Å². The van der Waals surface area contributed by atoms with E-state index in [2.05, 4.69) is 13.8 Å². The second-order valence-corrected chi connectivity index (χ2v) is 8.59. The number of ether oxygens (including phenoxy) is 2. The van der Waals surface area contributed by atoms with Crippen LogP contribution in [-0.2, 0) is 14.3 Å². The Labute approximate surface area is 182 Å². The van der Waals surface area contributed by atoms with Gasteiger partial charge in [0.1, 0.15) is 6.61 Å². The van der Waals surface area contributed by atoms with Crippen molar-refractivity contribution in [1.29, 1.82) is 0 Å². The molecule has 0 atom stereocenters. The number of carbonyl (C=O) groups is 1. The van der Waals surface area contributed by atoms with E-state index in [4.69, 9.17) is 9.47 Å². The van der Waals surface area contributed by atoms with Crippen LogP contribution in [0.2, 0.25) is 0 Å². The van der Waals surface area contributed by atoms with Gasteiger partial charge in [0.25, 0.3) is 0 Å². The Morgan fingerprint density at radius 2 is 0.897 bits per heavy atom. The lowest BCUT2D eigenvalue weighted by Gasteiger charge is -2.06. The predicted octanol–water partition coefficient (Wildman–Crippen LogP) is 8.39. The summed E-state index contributed by atoms with van der Waals surface area (Å²) in [6.07, 6.45) is 25.9. The van der Waals surface area contributed by atoms with E-state index in [0.717, 1.165) is 32.3 Å².